The van der Waals surface area contributed by atoms with Crippen LogP contribution in [0.3, 0.4) is 0 Å². The van der Waals surface area contributed by atoms with Gasteiger partial charge in [-0.25, -0.2) is 0 Å². The van der Waals surface area contributed by atoms with Crippen molar-refractivity contribution in [3.8, 4) is 0 Å². The van der Waals surface area contributed by atoms with Crippen LogP contribution in [0, 0.1) is 0 Å². The van der Waals surface area contributed by atoms with E-state index >= 15 is 0 Å². The number of nitrogens with one attached hydrogen (secondary N) is 1. The van der Waals surface area contributed by atoms with Crippen molar-refractivity contribution in [2.75, 3.05) is 11.5 Å². The fourth-order valence-electron chi connectivity index (χ4n) is 2.07. The summed E-state index contributed by atoms with van der Waals surface area (Å²) in [5.74, 6) is 2.61. The highest BCUT2D eigenvalue weighted by Gasteiger charge is 2.13. The van der Waals surface area contributed by atoms with Crippen LogP contribution in [-0.4, -0.2) is 27.3 Å². The first kappa shape index (κ1) is 12.0. The molecule has 16 heavy (non-hydrogen) atoms. The van der Waals surface area contributed by atoms with Crippen molar-refractivity contribution in [1.29, 1.82) is 0 Å². The Kier molecular flexibility index (Phi) is 4.72. The predicted octanol–water partition coefficient (Wildman–Crippen LogP) is 2.28. The predicted molar refractivity (Wildman–Crippen MR) is 69.7 cm³/mol. The zero-order chi connectivity index (χ0) is 11.2. The summed E-state index contributed by atoms with van der Waals surface area (Å²) in [4.78, 5) is 0. The van der Waals surface area contributed by atoms with Crippen molar-refractivity contribution in [1.82, 2.24) is 15.1 Å². The Labute approximate surface area is 102 Å². The molecule has 0 aromatic carbocycles. The fraction of sp³-hybridized carbons (Fsp3) is 0.750. The van der Waals surface area contributed by atoms with Crippen molar-refractivity contribution in [2.45, 2.75) is 45.3 Å². The molecule has 2 rings (SSSR count). The molecule has 1 aromatic heterocycles. The second-order valence-electron chi connectivity index (χ2n) is 4.34. The maximum Gasteiger partial charge on any atom is 0.0522 e. The summed E-state index contributed by atoms with van der Waals surface area (Å²) >= 11 is 2.07. The van der Waals surface area contributed by atoms with Crippen LogP contribution >= 0.6 is 11.8 Å². The number of nitrogens with zero attached hydrogens (tertiary/aromatic N) is 2. The van der Waals surface area contributed by atoms with Gasteiger partial charge in [-0.2, -0.15) is 16.9 Å². The van der Waals surface area contributed by atoms with Crippen LogP contribution in [0.4, 0.5) is 0 Å². The Balaban J connectivity index is 1.81. The van der Waals surface area contributed by atoms with E-state index in [0.717, 1.165) is 19.5 Å². The SMILES string of the molecule is CCCn1nccc1CNC1CCCSC1. The van der Waals surface area contributed by atoms with Crippen LogP contribution in [0.15, 0.2) is 12.3 Å². The van der Waals surface area contributed by atoms with Gasteiger partial charge in [-0.1, -0.05) is 6.92 Å². The first-order valence-corrected chi connectivity index (χ1v) is 7.37. The number of aryl methyl sites for hydroxylation is 1. The number of rotatable bonds is 5. The van der Waals surface area contributed by atoms with Crippen LogP contribution in [0.5, 0.6) is 0 Å². The molecule has 1 aliphatic rings. The lowest BCUT2D eigenvalue weighted by molar-refractivity contribution is 0.481. The van der Waals surface area contributed by atoms with E-state index in [2.05, 4.69) is 39.8 Å². The van der Waals surface area contributed by atoms with Crippen LogP contribution in [0.2, 0.25) is 0 Å². The first-order valence-electron chi connectivity index (χ1n) is 6.22. The van der Waals surface area contributed by atoms with Gasteiger partial charge < -0.3 is 5.32 Å². The summed E-state index contributed by atoms with van der Waals surface area (Å²) in [6.07, 6.45) is 5.74. The molecular weight excluding hydrogens is 218 g/mol. The quantitative estimate of drug-likeness (QED) is 0.855. The average molecular weight is 239 g/mol. The molecule has 1 N–H and O–H groups in total. The smallest absolute Gasteiger partial charge is 0.0522 e. The molecule has 0 saturated carbocycles. The summed E-state index contributed by atoms with van der Waals surface area (Å²) < 4.78 is 2.11. The molecule has 1 fully saturated rings. The number of hydrogen-bond donors (Lipinski definition) is 1. The third-order valence-corrected chi connectivity index (χ3v) is 4.19. The third kappa shape index (κ3) is 3.25. The number of hydrogen-bond acceptors (Lipinski definition) is 3. The molecule has 3 nitrogen and oxygen atoms in total. The summed E-state index contributed by atoms with van der Waals surface area (Å²) in [5.41, 5.74) is 1.32. The average Bonchev–Trinajstić information content (AvgIpc) is 2.76. The van der Waals surface area contributed by atoms with E-state index < -0.39 is 0 Å². The highest BCUT2D eigenvalue weighted by molar-refractivity contribution is 7.99. The zero-order valence-electron chi connectivity index (χ0n) is 9.98. The van der Waals surface area contributed by atoms with Gasteiger partial charge in [-0.3, -0.25) is 4.68 Å². The van der Waals surface area contributed by atoms with Gasteiger partial charge >= 0.3 is 0 Å². The minimum atomic E-state index is 0.698. The topological polar surface area (TPSA) is 29.9 Å². The van der Waals surface area contributed by atoms with E-state index in [1.807, 2.05) is 6.20 Å². The van der Waals surface area contributed by atoms with E-state index in [9.17, 15) is 0 Å². The van der Waals surface area contributed by atoms with Crippen LogP contribution in [0.1, 0.15) is 31.9 Å². The summed E-state index contributed by atoms with van der Waals surface area (Å²) in [6.45, 7) is 4.19. The molecule has 1 saturated heterocycles. The Bertz CT molecular complexity index is 305. The maximum absolute atomic E-state index is 4.34. The highest BCUT2D eigenvalue weighted by Crippen LogP contribution is 2.17. The van der Waals surface area contributed by atoms with Crippen molar-refractivity contribution >= 4 is 11.8 Å². The molecule has 1 aromatic rings. The molecule has 0 radical (unpaired) electrons. The molecule has 0 spiro atoms. The highest BCUT2D eigenvalue weighted by atomic mass is 32.2. The Morgan fingerprint density at radius 2 is 2.56 bits per heavy atom. The van der Waals surface area contributed by atoms with Gasteiger partial charge in [0.2, 0.25) is 0 Å². The lowest BCUT2D eigenvalue weighted by atomic mass is 10.2. The van der Waals surface area contributed by atoms with Gasteiger partial charge in [-0.15, -0.1) is 0 Å². The molecule has 90 valence electrons. The molecule has 1 unspecified atom stereocenters. The van der Waals surface area contributed by atoms with E-state index in [1.54, 1.807) is 0 Å². The van der Waals surface area contributed by atoms with Crippen molar-refractivity contribution < 1.29 is 0 Å². The Morgan fingerprint density at radius 1 is 1.62 bits per heavy atom. The minimum absolute atomic E-state index is 0.698. The Morgan fingerprint density at radius 3 is 3.31 bits per heavy atom. The van der Waals surface area contributed by atoms with E-state index in [4.69, 9.17) is 0 Å². The molecule has 0 bridgehead atoms. The summed E-state index contributed by atoms with van der Waals surface area (Å²) in [7, 11) is 0. The zero-order valence-corrected chi connectivity index (χ0v) is 10.8. The van der Waals surface area contributed by atoms with Crippen molar-refractivity contribution in [3.05, 3.63) is 18.0 Å². The largest absolute Gasteiger partial charge is 0.308 e. The third-order valence-electron chi connectivity index (χ3n) is 2.97. The second kappa shape index (κ2) is 6.30. The van der Waals surface area contributed by atoms with E-state index in [-0.39, 0.29) is 0 Å². The summed E-state index contributed by atoms with van der Waals surface area (Å²) in [5, 5.41) is 7.98. The van der Waals surface area contributed by atoms with Crippen molar-refractivity contribution in [2.24, 2.45) is 0 Å². The minimum Gasteiger partial charge on any atom is -0.308 e. The molecule has 2 heterocycles. The van der Waals surface area contributed by atoms with Gasteiger partial charge in [0.15, 0.2) is 0 Å². The molecule has 4 heteroatoms. The van der Waals surface area contributed by atoms with Crippen LogP contribution in [0.25, 0.3) is 0 Å². The first-order chi connectivity index (χ1) is 7.90. The number of thioether (sulfide) groups is 1. The lowest BCUT2D eigenvalue weighted by Gasteiger charge is -2.22. The monoisotopic (exact) mass is 239 g/mol. The van der Waals surface area contributed by atoms with Gasteiger partial charge in [0.25, 0.3) is 0 Å². The van der Waals surface area contributed by atoms with Gasteiger partial charge in [0.1, 0.15) is 0 Å². The van der Waals surface area contributed by atoms with Crippen molar-refractivity contribution in [3.63, 3.8) is 0 Å². The molecule has 1 atom stereocenters. The van der Waals surface area contributed by atoms with Gasteiger partial charge in [0.05, 0.1) is 5.69 Å². The fourth-order valence-corrected chi connectivity index (χ4v) is 3.18. The Hall–Kier alpha value is -0.480. The van der Waals surface area contributed by atoms with Crippen LogP contribution < -0.4 is 5.32 Å². The molecule has 0 aliphatic carbocycles. The normalized spacial score (nSPS) is 21.2. The lowest BCUT2D eigenvalue weighted by Crippen LogP contribution is -2.33. The van der Waals surface area contributed by atoms with Gasteiger partial charge in [-0.05, 0) is 31.1 Å². The summed E-state index contributed by atoms with van der Waals surface area (Å²) in [6, 6.07) is 2.82. The van der Waals surface area contributed by atoms with E-state index in [0.29, 0.717) is 6.04 Å². The van der Waals surface area contributed by atoms with Crippen LogP contribution in [-0.2, 0) is 13.1 Å². The molecular formula is C12H21N3S. The maximum atomic E-state index is 4.34. The molecule has 0 amide bonds. The molecule has 1 aliphatic heterocycles. The number of aromatic nitrogens is 2. The van der Waals surface area contributed by atoms with E-state index in [1.165, 1.54) is 30.0 Å². The van der Waals surface area contributed by atoms with Gasteiger partial charge in [0, 0.05) is 31.1 Å². The second-order valence-corrected chi connectivity index (χ2v) is 5.49. The standard InChI is InChI=1S/C12H21N3S/c1-2-7-15-12(5-6-14-15)9-13-11-4-3-8-16-10-11/h5-6,11,13H,2-4,7-10H2,1H3.